The molecule has 0 radical (unpaired) electrons. The molecular weight excluding hydrogens is 350 g/mol. The molecule has 1 aromatic carbocycles. The summed E-state index contributed by atoms with van der Waals surface area (Å²) in [5.41, 5.74) is 2.06. The molecule has 3 aromatic rings. The van der Waals surface area contributed by atoms with Crippen LogP contribution >= 0.6 is 12.6 Å². The summed E-state index contributed by atoms with van der Waals surface area (Å²) in [6, 6.07) is 3.85. The summed E-state index contributed by atoms with van der Waals surface area (Å²) in [5.74, 6) is 0.743. The molecule has 0 spiro atoms. The Morgan fingerprint density at radius 1 is 1.27 bits per heavy atom. The molecule has 0 aliphatic carbocycles. The first-order valence-electron chi connectivity index (χ1n) is 8.94. The van der Waals surface area contributed by atoms with Crippen molar-refractivity contribution in [3.05, 3.63) is 24.0 Å². The minimum Gasteiger partial charge on any atom is -0.360 e. The highest BCUT2D eigenvalue weighted by Gasteiger charge is 2.18. The Hall–Kier alpha value is -2.06. The predicted octanol–water partition coefficient (Wildman–Crippen LogP) is 3.30. The Bertz CT molecular complexity index is 888. The smallest absolute Gasteiger partial charge is 0.272 e. The number of H-pyrrole nitrogens is 1. The standard InChI is InChI=1S/C18H25N5O2S/c1-12(25-2)23-15-8-7-13-16(14(15)11-20-23)21-22-17(13)18(24)19-9-5-3-4-6-10-26/h7-8,11-12,20,26H,3-6,9-10H2,1-2H3,(H,19,24). The number of carbonyl (C=O) groups excluding carboxylic acids is 1. The van der Waals surface area contributed by atoms with E-state index in [4.69, 9.17) is 4.74 Å². The molecule has 0 aliphatic heterocycles. The summed E-state index contributed by atoms with van der Waals surface area (Å²) in [6.45, 7) is 2.60. The summed E-state index contributed by atoms with van der Waals surface area (Å²) in [4.78, 5) is 12.4. The van der Waals surface area contributed by atoms with E-state index in [-0.39, 0.29) is 12.1 Å². The number of thiol groups is 1. The molecule has 140 valence electrons. The molecule has 1 unspecified atom stereocenters. The van der Waals surface area contributed by atoms with Gasteiger partial charge in [0.2, 0.25) is 0 Å². The van der Waals surface area contributed by atoms with Crippen LogP contribution in [0.4, 0.5) is 0 Å². The highest BCUT2D eigenvalue weighted by Crippen LogP contribution is 2.27. The van der Waals surface area contributed by atoms with Gasteiger partial charge in [-0.05, 0) is 37.7 Å². The number of hydrogen-bond donors (Lipinski definition) is 3. The van der Waals surface area contributed by atoms with Crippen molar-refractivity contribution in [2.24, 2.45) is 0 Å². The van der Waals surface area contributed by atoms with Crippen LogP contribution in [0.5, 0.6) is 0 Å². The highest BCUT2D eigenvalue weighted by molar-refractivity contribution is 7.80. The summed E-state index contributed by atoms with van der Waals surface area (Å²) >= 11 is 4.20. The lowest BCUT2D eigenvalue weighted by Gasteiger charge is -2.12. The van der Waals surface area contributed by atoms with Gasteiger partial charge in [-0.15, -0.1) is 10.2 Å². The van der Waals surface area contributed by atoms with E-state index < -0.39 is 0 Å². The molecule has 3 rings (SSSR count). The van der Waals surface area contributed by atoms with Gasteiger partial charge in [0.05, 0.1) is 5.52 Å². The second-order valence-electron chi connectivity index (χ2n) is 6.32. The van der Waals surface area contributed by atoms with Crippen LogP contribution in [0.2, 0.25) is 0 Å². The monoisotopic (exact) mass is 375 g/mol. The molecule has 0 bridgehead atoms. The van der Waals surface area contributed by atoms with Crippen molar-refractivity contribution in [3.63, 3.8) is 0 Å². The summed E-state index contributed by atoms with van der Waals surface area (Å²) in [7, 11) is 1.66. The number of hydrogen-bond acceptors (Lipinski definition) is 5. The van der Waals surface area contributed by atoms with E-state index in [0.29, 0.717) is 12.2 Å². The van der Waals surface area contributed by atoms with Crippen molar-refractivity contribution >= 4 is 40.3 Å². The number of aromatic nitrogens is 4. The Kier molecular flexibility index (Phi) is 6.16. The van der Waals surface area contributed by atoms with Crippen molar-refractivity contribution in [3.8, 4) is 0 Å². The van der Waals surface area contributed by atoms with Gasteiger partial charge in [0.1, 0.15) is 11.7 Å². The van der Waals surface area contributed by atoms with E-state index >= 15 is 0 Å². The molecule has 2 aromatic heterocycles. The lowest BCUT2D eigenvalue weighted by atomic mass is 10.1. The van der Waals surface area contributed by atoms with E-state index in [9.17, 15) is 4.79 Å². The molecule has 0 saturated carbocycles. The quantitative estimate of drug-likeness (QED) is 0.396. The van der Waals surface area contributed by atoms with Crippen LogP contribution in [-0.4, -0.2) is 45.3 Å². The number of rotatable bonds is 9. The third-order valence-corrected chi connectivity index (χ3v) is 4.91. The molecule has 2 heterocycles. The SMILES string of the molecule is COC(C)n1[nH]cc2c3nnc(C(=O)NCCCCCCS)c3ccc21. The third-order valence-electron chi connectivity index (χ3n) is 4.60. The zero-order chi connectivity index (χ0) is 18.5. The summed E-state index contributed by atoms with van der Waals surface area (Å²) in [6.07, 6.45) is 6.05. The largest absolute Gasteiger partial charge is 0.360 e. The van der Waals surface area contributed by atoms with E-state index in [1.54, 1.807) is 7.11 Å². The zero-order valence-electron chi connectivity index (χ0n) is 15.2. The average molecular weight is 375 g/mol. The van der Waals surface area contributed by atoms with Crippen molar-refractivity contribution < 1.29 is 9.53 Å². The lowest BCUT2D eigenvalue weighted by Crippen LogP contribution is -2.25. The number of nitrogens with one attached hydrogen (secondary N) is 2. The first-order valence-corrected chi connectivity index (χ1v) is 9.57. The van der Waals surface area contributed by atoms with Crippen LogP contribution in [0.1, 0.15) is 49.3 Å². The molecule has 0 fully saturated rings. The Morgan fingerprint density at radius 3 is 2.85 bits per heavy atom. The molecule has 1 atom stereocenters. The molecule has 7 nitrogen and oxygen atoms in total. The molecule has 0 saturated heterocycles. The minimum atomic E-state index is -0.172. The maximum absolute atomic E-state index is 12.4. The molecular formula is C18H25N5O2S. The minimum absolute atomic E-state index is 0.127. The zero-order valence-corrected chi connectivity index (χ0v) is 16.1. The molecule has 26 heavy (non-hydrogen) atoms. The normalized spacial score (nSPS) is 12.7. The second kappa shape index (κ2) is 8.55. The summed E-state index contributed by atoms with van der Waals surface area (Å²) < 4.78 is 7.28. The first kappa shape index (κ1) is 18.7. The van der Waals surface area contributed by atoms with Gasteiger partial charge in [0.15, 0.2) is 5.69 Å². The third kappa shape index (κ3) is 3.71. The van der Waals surface area contributed by atoms with Crippen molar-refractivity contribution in [1.82, 2.24) is 25.3 Å². The van der Waals surface area contributed by atoms with Gasteiger partial charge in [0, 0.05) is 30.6 Å². The predicted molar refractivity (Wildman–Crippen MR) is 106 cm³/mol. The first-order chi connectivity index (χ1) is 12.7. The van der Waals surface area contributed by atoms with Crippen molar-refractivity contribution in [2.75, 3.05) is 19.4 Å². The van der Waals surface area contributed by atoms with Gasteiger partial charge >= 0.3 is 0 Å². The molecule has 2 N–H and O–H groups in total. The van der Waals surface area contributed by atoms with Crippen molar-refractivity contribution in [1.29, 1.82) is 0 Å². The number of carbonyl (C=O) groups is 1. The number of fused-ring (bicyclic) bond motifs is 3. The van der Waals surface area contributed by atoms with Crippen LogP contribution < -0.4 is 5.32 Å². The van der Waals surface area contributed by atoms with E-state index in [1.165, 1.54) is 0 Å². The second-order valence-corrected chi connectivity index (χ2v) is 6.76. The molecule has 0 aliphatic rings. The molecule has 1 amide bonds. The van der Waals surface area contributed by atoms with Crippen LogP contribution in [0.3, 0.4) is 0 Å². The van der Waals surface area contributed by atoms with Crippen LogP contribution in [0, 0.1) is 0 Å². The number of amides is 1. The topological polar surface area (TPSA) is 84.8 Å². The average Bonchev–Trinajstić information content (AvgIpc) is 3.27. The van der Waals surface area contributed by atoms with Crippen LogP contribution in [-0.2, 0) is 4.74 Å². The number of aromatic amines is 1. The fourth-order valence-electron chi connectivity index (χ4n) is 3.06. The van der Waals surface area contributed by atoms with Gasteiger partial charge in [-0.25, -0.2) is 0 Å². The van der Waals surface area contributed by atoms with E-state index in [1.807, 2.05) is 29.9 Å². The lowest BCUT2D eigenvalue weighted by molar-refractivity contribution is 0.0539. The van der Waals surface area contributed by atoms with Crippen molar-refractivity contribution in [2.45, 2.75) is 38.8 Å². The fourth-order valence-corrected chi connectivity index (χ4v) is 3.28. The Labute approximate surface area is 157 Å². The fraction of sp³-hybridized carbons (Fsp3) is 0.500. The maximum Gasteiger partial charge on any atom is 0.272 e. The van der Waals surface area contributed by atoms with Crippen LogP contribution in [0.15, 0.2) is 18.3 Å². The number of nitrogens with zero attached hydrogens (tertiary/aromatic N) is 3. The van der Waals surface area contributed by atoms with Gasteiger partial charge < -0.3 is 15.2 Å². The van der Waals surface area contributed by atoms with E-state index in [2.05, 4.69) is 33.2 Å². The number of ether oxygens (including phenoxy) is 1. The van der Waals surface area contributed by atoms with Gasteiger partial charge in [-0.1, -0.05) is 12.8 Å². The summed E-state index contributed by atoms with van der Waals surface area (Å²) in [5, 5.41) is 16.2. The van der Waals surface area contributed by atoms with Gasteiger partial charge in [-0.3, -0.25) is 9.48 Å². The number of benzene rings is 1. The number of methoxy groups -OCH3 is 1. The number of unbranched alkanes of at least 4 members (excludes halogenated alkanes) is 3. The van der Waals surface area contributed by atoms with Gasteiger partial charge in [0.25, 0.3) is 5.91 Å². The Balaban J connectivity index is 1.75. The van der Waals surface area contributed by atoms with E-state index in [0.717, 1.165) is 53.2 Å². The Morgan fingerprint density at radius 2 is 2.08 bits per heavy atom. The molecule has 8 heteroatoms. The maximum atomic E-state index is 12.4. The van der Waals surface area contributed by atoms with Gasteiger partial charge in [-0.2, -0.15) is 12.6 Å². The van der Waals surface area contributed by atoms with Crippen LogP contribution in [0.25, 0.3) is 21.8 Å². The highest BCUT2D eigenvalue weighted by atomic mass is 32.1.